The van der Waals surface area contributed by atoms with Crippen molar-refractivity contribution in [2.45, 2.75) is 32.7 Å². The third kappa shape index (κ3) is 4.72. The Morgan fingerprint density at radius 2 is 1.61 bits per heavy atom. The van der Waals surface area contributed by atoms with Crippen molar-refractivity contribution in [1.29, 1.82) is 0 Å². The van der Waals surface area contributed by atoms with E-state index in [1.807, 2.05) is 71.4 Å². The fourth-order valence-electron chi connectivity index (χ4n) is 3.61. The van der Waals surface area contributed by atoms with E-state index in [1.165, 1.54) is 0 Å². The molecule has 0 saturated heterocycles. The van der Waals surface area contributed by atoms with Crippen LogP contribution in [0.2, 0.25) is 0 Å². The number of aromatic nitrogens is 3. The van der Waals surface area contributed by atoms with Gasteiger partial charge in [0, 0.05) is 18.5 Å². The topological polar surface area (TPSA) is 68.0 Å². The summed E-state index contributed by atoms with van der Waals surface area (Å²) in [5.41, 5.74) is 4.04. The van der Waals surface area contributed by atoms with Gasteiger partial charge in [-0.1, -0.05) is 86.1 Å². The monoisotopic (exact) mass is 411 g/mol. The third-order valence-corrected chi connectivity index (χ3v) is 5.29. The molecule has 3 aromatic carbocycles. The van der Waals surface area contributed by atoms with Gasteiger partial charge in [0.1, 0.15) is 5.82 Å². The number of aromatic carboxylic acids is 1. The number of hydrogen-bond acceptors (Lipinski definition) is 3. The van der Waals surface area contributed by atoms with Crippen LogP contribution in [0.25, 0.3) is 22.5 Å². The zero-order valence-electron chi connectivity index (χ0n) is 17.5. The van der Waals surface area contributed by atoms with Crippen molar-refractivity contribution < 1.29 is 9.90 Å². The molecule has 4 aromatic rings. The Morgan fingerprint density at radius 1 is 0.903 bits per heavy atom. The highest BCUT2D eigenvalue weighted by atomic mass is 16.4. The molecule has 0 aliphatic heterocycles. The summed E-state index contributed by atoms with van der Waals surface area (Å²) in [6.45, 7) is 3.01. The van der Waals surface area contributed by atoms with Crippen molar-refractivity contribution in [2.75, 3.05) is 0 Å². The van der Waals surface area contributed by atoms with Crippen molar-refractivity contribution in [3.05, 3.63) is 95.8 Å². The summed E-state index contributed by atoms with van der Waals surface area (Å²) in [4.78, 5) is 16.3. The number of carbonyl (C=O) groups is 1. The number of rotatable bonds is 8. The lowest BCUT2D eigenvalue weighted by Gasteiger charge is -2.08. The summed E-state index contributed by atoms with van der Waals surface area (Å²) in [7, 11) is 0. The van der Waals surface area contributed by atoms with Crippen LogP contribution in [0.5, 0.6) is 0 Å². The molecule has 0 saturated carbocycles. The molecule has 31 heavy (non-hydrogen) atoms. The molecule has 156 valence electrons. The van der Waals surface area contributed by atoms with Crippen LogP contribution >= 0.6 is 0 Å². The zero-order valence-corrected chi connectivity index (χ0v) is 17.5. The number of nitrogens with zero attached hydrogens (tertiary/aromatic N) is 3. The Morgan fingerprint density at radius 3 is 2.32 bits per heavy atom. The van der Waals surface area contributed by atoms with Gasteiger partial charge in [0.2, 0.25) is 0 Å². The minimum Gasteiger partial charge on any atom is -0.478 e. The largest absolute Gasteiger partial charge is 0.478 e. The van der Waals surface area contributed by atoms with Crippen LogP contribution < -0.4 is 0 Å². The van der Waals surface area contributed by atoms with Crippen LogP contribution in [-0.2, 0) is 13.0 Å². The Labute approximate surface area is 182 Å². The predicted molar refractivity (Wildman–Crippen MR) is 122 cm³/mol. The number of benzene rings is 3. The first-order valence-corrected chi connectivity index (χ1v) is 10.6. The molecule has 5 heteroatoms. The molecule has 0 atom stereocenters. The van der Waals surface area contributed by atoms with Crippen LogP contribution in [0.3, 0.4) is 0 Å². The maximum Gasteiger partial charge on any atom is 0.336 e. The van der Waals surface area contributed by atoms with Crippen LogP contribution in [0, 0.1) is 0 Å². The smallest absolute Gasteiger partial charge is 0.336 e. The Balaban J connectivity index is 1.60. The van der Waals surface area contributed by atoms with Crippen LogP contribution in [-0.4, -0.2) is 25.8 Å². The van der Waals surface area contributed by atoms with E-state index in [0.29, 0.717) is 12.0 Å². The number of aryl methyl sites for hydroxylation is 1. The molecule has 1 N–H and O–H groups in total. The van der Waals surface area contributed by atoms with Gasteiger partial charge in [0.05, 0.1) is 5.56 Å². The van der Waals surface area contributed by atoms with E-state index in [4.69, 9.17) is 10.1 Å². The van der Waals surface area contributed by atoms with E-state index < -0.39 is 5.97 Å². The van der Waals surface area contributed by atoms with E-state index in [2.05, 4.69) is 6.92 Å². The van der Waals surface area contributed by atoms with Gasteiger partial charge < -0.3 is 5.11 Å². The summed E-state index contributed by atoms with van der Waals surface area (Å²) in [6.07, 6.45) is 2.82. The summed E-state index contributed by atoms with van der Waals surface area (Å²) in [5, 5.41) is 14.2. The molecule has 0 radical (unpaired) electrons. The number of carboxylic acid groups (broad SMARTS) is 1. The van der Waals surface area contributed by atoms with Gasteiger partial charge in [-0.05, 0) is 29.2 Å². The molecule has 0 bridgehead atoms. The van der Waals surface area contributed by atoms with Gasteiger partial charge in [-0.25, -0.2) is 14.5 Å². The molecule has 0 aliphatic rings. The van der Waals surface area contributed by atoms with Crippen molar-refractivity contribution in [1.82, 2.24) is 14.8 Å². The molecule has 4 rings (SSSR count). The highest BCUT2D eigenvalue weighted by Gasteiger charge is 2.13. The maximum atomic E-state index is 11.5. The third-order valence-electron chi connectivity index (χ3n) is 5.29. The Kier molecular flexibility index (Phi) is 6.22. The first-order valence-electron chi connectivity index (χ1n) is 10.6. The highest BCUT2D eigenvalue weighted by molar-refractivity contribution is 5.95. The molecular formula is C26H25N3O2. The van der Waals surface area contributed by atoms with Crippen molar-refractivity contribution in [2.24, 2.45) is 0 Å². The summed E-state index contributed by atoms with van der Waals surface area (Å²) >= 11 is 0. The quantitative estimate of drug-likeness (QED) is 0.404. The van der Waals surface area contributed by atoms with Crippen molar-refractivity contribution >= 4 is 5.97 Å². The lowest BCUT2D eigenvalue weighted by molar-refractivity contribution is 0.0697. The van der Waals surface area contributed by atoms with Crippen LogP contribution in [0.15, 0.2) is 78.9 Å². The second-order valence-corrected chi connectivity index (χ2v) is 7.52. The molecule has 0 aliphatic carbocycles. The summed E-state index contributed by atoms with van der Waals surface area (Å²) in [6, 6.07) is 25.1. The lowest BCUT2D eigenvalue weighted by atomic mass is 9.98. The predicted octanol–water partition coefficient (Wildman–Crippen LogP) is 5.70. The lowest BCUT2D eigenvalue weighted by Crippen LogP contribution is -2.06. The van der Waals surface area contributed by atoms with Gasteiger partial charge in [0.15, 0.2) is 5.82 Å². The maximum absolute atomic E-state index is 11.5. The molecule has 0 fully saturated rings. The van der Waals surface area contributed by atoms with Gasteiger partial charge in [-0.3, -0.25) is 0 Å². The second-order valence-electron chi connectivity index (χ2n) is 7.52. The Hall–Kier alpha value is -3.73. The molecule has 1 heterocycles. The fraction of sp³-hybridized carbons (Fsp3) is 0.192. The summed E-state index contributed by atoms with van der Waals surface area (Å²) in [5.74, 6) is 0.766. The molecule has 1 aromatic heterocycles. The first kappa shape index (κ1) is 20.5. The molecule has 0 unspecified atom stereocenters. The van der Waals surface area contributed by atoms with Crippen LogP contribution in [0.1, 0.15) is 41.5 Å². The minimum atomic E-state index is -0.919. The average Bonchev–Trinajstić information content (AvgIpc) is 3.21. The number of unbranched alkanes of at least 4 members (excludes halogenated alkanes) is 1. The number of carboxylic acids is 1. The normalized spacial score (nSPS) is 10.9. The second kappa shape index (κ2) is 9.39. The van der Waals surface area contributed by atoms with Crippen LogP contribution in [0.4, 0.5) is 0 Å². The van der Waals surface area contributed by atoms with E-state index in [0.717, 1.165) is 53.3 Å². The number of hydrogen-bond donors (Lipinski definition) is 1. The first-order chi connectivity index (χ1) is 15.2. The average molecular weight is 412 g/mol. The van der Waals surface area contributed by atoms with Gasteiger partial charge in [-0.2, -0.15) is 5.10 Å². The van der Waals surface area contributed by atoms with Gasteiger partial charge >= 0.3 is 5.97 Å². The zero-order chi connectivity index (χ0) is 21.6. The van der Waals surface area contributed by atoms with E-state index >= 15 is 0 Å². The highest BCUT2D eigenvalue weighted by Crippen LogP contribution is 2.25. The summed E-state index contributed by atoms with van der Waals surface area (Å²) < 4.78 is 2.01. The van der Waals surface area contributed by atoms with Crippen molar-refractivity contribution in [3.63, 3.8) is 0 Å². The van der Waals surface area contributed by atoms with E-state index in [1.54, 1.807) is 12.1 Å². The molecule has 0 spiro atoms. The van der Waals surface area contributed by atoms with E-state index in [9.17, 15) is 9.90 Å². The van der Waals surface area contributed by atoms with Crippen molar-refractivity contribution in [3.8, 4) is 22.5 Å². The molecule has 0 amide bonds. The minimum absolute atomic E-state index is 0.307. The van der Waals surface area contributed by atoms with Gasteiger partial charge in [0.25, 0.3) is 0 Å². The SMILES string of the molecule is CCCCn1nc(-c2ccccc2)nc1Cc1ccc(-c2ccccc2C(=O)O)cc1. The standard InChI is InChI=1S/C26H25N3O2/c1-2-3-17-29-24(27-25(28-29)21-9-5-4-6-10-21)18-19-13-15-20(16-14-19)22-11-7-8-12-23(22)26(30)31/h4-16H,2-3,17-18H2,1H3,(H,30,31). The van der Waals surface area contributed by atoms with E-state index in [-0.39, 0.29) is 0 Å². The molecule has 5 nitrogen and oxygen atoms in total. The molecular weight excluding hydrogens is 386 g/mol. The Bertz CT molecular complexity index is 1160. The fourth-order valence-corrected chi connectivity index (χ4v) is 3.61. The van der Waals surface area contributed by atoms with Gasteiger partial charge in [-0.15, -0.1) is 0 Å².